The molecule has 4 amide bonds. The van der Waals surface area contributed by atoms with Crippen LogP contribution in [0.25, 0.3) is 31.7 Å². The van der Waals surface area contributed by atoms with Gasteiger partial charge in [-0.25, -0.2) is 9.80 Å². The third-order valence-corrected chi connectivity index (χ3v) is 12.9. The summed E-state index contributed by atoms with van der Waals surface area (Å²) < 4.78 is 0. The molecule has 6 aromatic rings. The zero-order valence-corrected chi connectivity index (χ0v) is 29.5. The Morgan fingerprint density at radius 1 is 0.438 bits per heavy atom. The van der Waals surface area contributed by atoms with Crippen LogP contribution in [-0.2, 0) is 0 Å². The fourth-order valence-electron chi connectivity index (χ4n) is 6.23. The Kier molecular flexibility index (Phi) is 7.30. The summed E-state index contributed by atoms with van der Waals surface area (Å²) in [6.07, 6.45) is 4.10. The highest BCUT2D eigenvalue weighted by Crippen LogP contribution is 2.43. The van der Waals surface area contributed by atoms with E-state index in [1.807, 2.05) is 113 Å². The van der Waals surface area contributed by atoms with Gasteiger partial charge in [-0.15, -0.1) is 45.3 Å². The molecule has 0 fully saturated rings. The van der Waals surface area contributed by atoms with Gasteiger partial charge in [0.2, 0.25) is 0 Å². The molecule has 0 aliphatic carbocycles. The number of hydrogen-bond donors (Lipinski definition) is 0. The van der Waals surface area contributed by atoms with Gasteiger partial charge < -0.3 is 0 Å². The van der Waals surface area contributed by atoms with Gasteiger partial charge in [0.25, 0.3) is 23.6 Å². The molecule has 2 aliphatic rings. The number of thiophene rings is 4. The number of carbonyl (C=O) groups excluding carboxylic acids is 4. The molecule has 8 rings (SSSR count). The molecule has 48 heavy (non-hydrogen) atoms. The molecule has 0 N–H and O–H groups in total. The first-order valence-electron chi connectivity index (χ1n) is 15.1. The first-order chi connectivity index (χ1) is 23.0. The molecule has 0 spiro atoms. The highest BCUT2D eigenvalue weighted by Gasteiger charge is 2.40. The zero-order chi connectivity index (χ0) is 33.4. The summed E-state index contributed by atoms with van der Waals surface area (Å²) in [6.45, 7) is 7.82. The van der Waals surface area contributed by atoms with Crippen LogP contribution in [0.5, 0.6) is 0 Å². The maximum Gasteiger partial charge on any atom is 0.276 e. The number of amides is 4. The van der Waals surface area contributed by atoms with E-state index >= 15 is 0 Å². The van der Waals surface area contributed by atoms with Gasteiger partial charge in [0.1, 0.15) is 9.75 Å². The monoisotopic (exact) mass is 702 g/mol. The van der Waals surface area contributed by atoms with Crippen molar-refractivity contribution in [3.63, 3.8) is 0 Å². The lowest BCUT2D eigenvalue weighted by Gasteiger charge is -2.15. The van der Waals surface area contributed by atoms with Crippen molar-refractivity contribution in [2.75, 3.05) is 9.80 Å². The van der Waals surface area contributed by atoms with Crippen LogP contribution in [0.3, 0.4) is 0 Å². The molecular weight excluding hydrogens is 677 g/mol. The van der Waals surface area contributed by atoms with Crippen molar-refractivity contribution in [2.24, 2.45) is 0 Å². The second-order valence-corrected chi connectivity index (χ2v) is 16.4. The van der Waals surface area contributed by atoms with Crippen molar-refractivity contribution in [3.8, 4) is 19.5 Å². The topological polar surface area (TPSA) is 74.8 Å². The summed E-state index contributed by atoms with van der Waals surface area (Å²) in [5.74, 6) is -1.11. The number of hydrogen-bond acceptors (Lipinski definition) is 8. The lowest BCUT2D eigenvalue weighted by molar-refractivity contribution is 0.0911. The van der Waals surface area contributed by atoms with Gasteiger partial charge >= 0.3 is 0 Å². The smallest absolute Gasteiger partial charge is 0.268 e. The predicted octanol–water partition coefficient (Wildman–Crippen LogP) is 10.3. The number of carbonyl (C=O) groups is 4. The molecule has 10 heteroatoms. The first kappa shape index (κ1) is 30.6. The Balaban J connectivity index is 0.972. The molecule has 4 aromatic heterocycles. The first-order valence-corrected chi connectivity index (χ1v) is 18.4. The van der Waals surface area contributed by atoms with Gasteiger partial charge in [0.05, 0.1) is 22.5 Å². The van der Waals surface area contributed by atoms with E-state index in [0.717, 1.165) is 51.5 Å². The molecule has 6 heterocycles. The fourth-order valence-corrected chi connectivity index (χ4v) is 10.4. The van der Waals surface area contributed by atoms with Crippen LogP contribution in [0.4, 0.5) is 11.4 Å². The molecule has 236 valence electrons. The third-order valence-electron chi connectivity index (χ3n) is 8.21. The SMILES string of the molecule is Cc1cc(C)cc(N2C(=O)c3cc(-c4ccc(C=Cc5ccc(-c6cc7c(s6)C(=O)N(c6cc(C)cc(C)c6)C7=O)s5)s4)sc3C2=O)c1. The van der Waals surface area contributed by atoms with Crippen molar-refractivity contribution < 1.29 is 19.2 Å². The molecule has 6 nitrogen and oxygen atoms in total. The van der Waals surface area contributed by atoms with Crippen LogP contribution in [0, 0.1) is 27.7 Å². The van der Waals surface area contributed by atoms with Gasteiger partial charge in [-0.2, -0.15) is 0 Å². The highest BCUT2D eigenvalue weighted by molar-refractivity contribution is 7.24. The van der Waals surface area contributed by atoms with E-state index in [4.69, 9.17) is 0 Å². The van der Waals surface area contributed by atoms with E-state index in [1.54, 1.807) is 22.7 Å². The van der Waals surface area contributed by atoms with Gasteiger partial charge in [0, 0.05) is 29.3 Å². The average Bonchev–Trinajstić information content (AvgIpc) is 3.86. The van der Waals surface area contributed by atoms with E-state index in [0.29, 0.717) is 32.3 Å². The van der Waals surface area contributed by atoms with E-state index in [1.165, 1.54) is 32.5 Å². The van der Waals surface area contributed by atoms with Crippen molar-refractivity contribution in [2.45, 2.75) is 27.7 Å². The van der Waals surface area contributed by atoms with Gasteiger partial charge in [0.15, 0.2) is 0 Å². The highest BCUT2D eigenvalue weighted by atomic mass is 32.1. The largest absolute Gasteiger partial charge is 0.276 e. The Morgan fingerprint density at radius 2 is 0.812 bits per heavy atom. The average molecular weight is 703 g/mol. The number of anilines is 2. The molecule has 0 radical (unpaired) electrons. The van der Waals surface area contributed by atoms with Crippen molar-refractivity contribution >= 4 is 92.5 Å². The van der Waals surface area contributed by atoms with Gasteiger partial charge in [-0.1, -0.05) is 12.1 Å². The standard InChI is InChI=1S/C38H26N2O4S4/c1-19-11-20(2)14-23(13-19)39-35(41)27-17-31(47-33(27)37(39)43)29-9-7-25(45-29)5-6-26-8-10-30(46-26)32-18-28-34(48-32)38(44)40(36(28)42)24-15-21(3)12-22(4)16-24/h5-18H,1-4H3. The normalized spacial score (nSPS) is 14.2. The van der Waals surface area contributed by atoms with Gasteiger partial charge in [-0.3, -0.25) is 19.2 Å². The summed E-state index contributed by atoms with van der Waals surface area (Å²) >= 11 is 5.92. The second-order valence-electron chi connectivity index (χ2n) is 12.0. The maximum absolute atomic E-state index is 13.3. The molecule has 0 saturated heterocycles. The minimum absolute atomic E-state index is 0.273. The summed E-state index contributed by atoms with van der Waals surface area (Å²) in [5, 5.41) is 0. The molecule has 0 bridgehead atoms. The lowest BCUT2D eigenvalue weighted by atomic mass is 10.1. The van der Waals surface area contributed by atoms with E-state index in [2.05, 4.69) is 0 Å². The van der Waals surface area contributed by atoms with Crippen molar-refractivity contribution in [1.29, 1.82) is 0 Å². The molecule has 0 unspecified atom stereocenters. The number of aryl methyl sites for hydroxylation is 4. The van der Waals surface area contributed by atoms with Gasteiger partial charge in [-0.05, 0) is 123 Å². The number of rotatable bonds is 6. The summed E-state index contributed by atoms with van der Waals surface area (Å²) in [4.78, 5) is 62.5. The number of benzene rings is 2. The van der Waals surface area contributed by atoms with Crippen LogP contribution in [0.2, 0.25) is 0 Å². The van der Waals surface area contributed by atoms with Crippen LogP contribution in [0.1, 0.15) is 72.1 Å². The quantitative estimate of drug-likeness (QED) is 0.162. The summed E-state index contributed by atoms with van der Waals surface area (Å²) in [6, 6.07) is 23.3. The minimum Gasteiger partial charge on any atom is -0.268 e. The minimum atomic E-state index is -0.281. The number of fused-ring (bicyclic) bond motifs is 2. The summed E-state index contributed by atoms with van der Waals surface area (Å²) in [7, 11) is 0. The van der Waals surface area contributed by atoms with Crippen LogP contribution in [-0.4, -0.2) is 23.6 Å². The summed E-state index contributed by atoms with van der Waals surface area (Å²) in [5.41, 5.74) is 6.14. The fraction of sp³-hybridized carbons (Fsp3) is 0.105. The number of nitrogens with zero attached hydrogens (tertiary/aromatic N) is 2. The van der Waals surface area contributed by atoms with Crippen LogP contribution >= 0.6 is 45.3 Å². The Morgan fingerprint density at radius 3 is 1.17 bits per heavy atom. The molecule has 2 aromatic carbocycles. The van der Waals surface area contributed by atoms with Crippen molar-refractivity contribution in [3.05, 3.63) is 126 Å². The zero-order valence-electron chi connectivity index (χ0n) is 26.2. The van der Waals surface area contributed by atoms with Crippen molar-refractivity contribution in [1.82, 2.24) is 0 Å². The van der Waals surface area contributed by atoms with Crippen LogP contribution < -0.4 is 9.80 Å². The molecule has 0 atom stereocenters. The lowest BCUT2D eigenvalue weighted by Crippen LogP contribution is -2.29. The molecular formula is C38H26N2O4S4. The van der Waals surface area contributed by atoms with E-state index < -0.39 is 0 Å². The third kappa shape index (κ3) is 5.12. The molecule has 0 saturated carbocycles. The number of imide groups is 2. The maximum atomic E-state index is 13.3. The second kappa shape index (κ2) is 11.5. The Labute approximate surface area is 292 Å². The predicted molar refractivity (Wildman–Crippen MR) is 198 cm³/mol. The van der Waals surface area contributed by atoms with Crippen LogP contribution in [0.15, 0.2) is 72.8 Å². The molecule has 2 aliphatic heterocycles. The Bertz CT molecular complexity index is 2130. The van der Waals surface area contributed by atoms with E-state index in [9.17, 15) is 19.2 Å². The Hall–Kier alpha value is -4.74. The van der Waals surface area contributed by atoms with E-state index in [-0.39, 0.29) is 23.6 Å².